The molecule has 1 aromatic carbocycles. The number of hydrogen-bond acceptors (Lipinski definition) is 1. The molecule has 0 bridgehead atoms. The van der Waals surface area contributed by atoms with Crippen LogP contribution in [-0.4, -0.2) is 18.4 Å². The molecule has 0 radical (unpaired) electrons. The highest BCUT2D eigenvalue weighted by Crippen LogP contribution is 2.27. The van der Waals surface area contributed by atoms with Gasteiger partial charge in [-0.15, -0.1) is 0 Å². The van der Waals surface area contributed by atoms with E-state index in [2.05, 4.69) is 52.0 Å². The lowest BCUT2D eigenvalue weighted by Gasteiger charge is -2.28. The van der Waals surface area contributed by atoms with Crippen molar-refractivity contribution in [2.24, 2.45) is 5.92 Å². The van der Waals surface area contributed by atoms with Gasteiger partial charge in [0, 0.05) is 24.1 Å². The molecule has 94 valence electrons. The molecule has 0 spiro atoms. The van der Waals surface area contributed by atoms with Crippen LogP contribution in [0.3, 0.4) is 0 Å². The van der Waals surface area contributed by atoms with Gasteiger partial charge in [0.2, 0.25) is 0 Å². The second-order valence-electron chi connectivity index (χ2n) is 4.96. The molecule has 0 N–H and O–H groups in total. The van der Waals surface area contributed by atoms with E-state index < -0.39 is 0 Å². The maximum absolute atomic E-state index is 3.64. The number of hydrogen-bond donors (Lipinski definition) is 0. The van der Waals surface area contributed by atoms with Gasteiger partial charge in [-0.2, -0.15) is 0 Å². The molecule has 1 aliphatic heterocycles. The lowest BCUT2D eigenvalue weighted by atomic mass is 10.1. The predicted molar refractivity (Wildman–Crippen MR) is 79.2 cm³/mol. The Morgan fingerprint density at radius 1 is 1.29 bits per heavy atom. The Bertz CT molecular complexity index is 347. The van der Waals surface area contributed by atoms with Gasteiger partial charge in [-0.3, -0.25) is 0 Å². The maximum atomic E-state index is 3.64. The third-order valence-corrected chi connectivity index (χ3v) is 4.65. The minimum atomic E-state index is 0.765. The fraction of sp³-hybridized carbons (Fsp3) is 0.600. The molecule has 1 unspecified atom stereocenters. The van der Waals surface area contributed by atoms with Crippen molar-refractivity contribution in [2.75, 3.05) is 23.3 Å². The first-order valence-corrected chi connectivity index (χ1v) is 7.86. The Balaban J connectivity index is 2.16. The average molecular weight is 296 g/mol. The van der Waals surface area contributed by atoms with E-state index in [-0.39, 0.29) is 0 Å². The summed E-state index contributed by atoms with van der Waals surface area (Å²) in [6.45, 7) is 4.70. The molecule has 0 saturated heterocycles. The van der Waals surface area contributed by atoms with Gasteiger partial charge >= 0.3 is 0 Å². The van der Waals surface area contributed by atoms with Crippen molar-refractivity contribution in [3.8, 4) is 0 Å². The van der Waals surface area contributed by atoms with Crippen LogP contribution >= 0.6 is 15.9 Å². The van der Waals surface area contributed by atoms with E-state index in [4.69, 9.17) is 0 Å². The fourth-order valence-corrected chi connectivity index (χ4v) is 3.22. The Hall–Kier alpha value is -0.500. The van der Waals surface area contributed by atoms with E-state index in [9.17, 15) is 0 Å². The molecule has 2 rings (SSSR count). The molecule has 1 atom stereocenters. The number of anilines is 1. The van der Waals surface area contributed by atoms with Crippen LogP contribution in [0.4, 0.5) is 5.69 Å². The minimum absolute atomic E-state index is 0.765. The summed E-state index contributed by atoms with van der Waals surface area (Å²) in [5.41, 5.74) is 3.01. The molecule has 1 aliphatic rings. The number of nitrogens with zero attached hydrogens (tertiary/aromatic N) is 1. The molecule has 0 aromatic heterocycles. The van der Waals surface area contributed by atoms with Gasteiger partial charge < -0.3 is 4.90 Å². The summed E-state index contributed by atoms with van der Waals surface area (Å²) in [5, 5.41) is 1.11. The topological polar surface area (TPSA) is 3.24 Å². The van der Waals surface area contributed by atoms with E-state index in [1.807, 2.05) is 0 Å². The van der Waals surface area contributed by atoms with E-state index in [0.717, 1.165) is 11.2 Å². The van der Waals surface area contributed by atoms with Crippen LogP contribution in [0.5, 0.6) is 0 Å². The molecule has 0 amide bonds. The van der Waals surface area contributed by atoms with Crippen LogP contribution in [0.2, 0.25) is 0 Å². The minimum Gasteiger partial charge on any atom is -0.371 e. The van der Waals surface area contributed by atoms with Gasteiger partial charge in [0.25, 0.3) is 0 Å². The van der Waals surface area contributed by atoms with E-state index >= 15 is 0 Å². The van der Waals surface area contributed by atoms with Crippen molar-refractivity contribution < 1.29 is 0 Å². The number of halogens is 1. The lowest BCUT2D eigenvalue weighted by molar-refractivity contribution is 0.550. The lowest BCUT2D eigenvalue weighted by Crippen LogP contribution is -2.30. The largest absolute Gasteiger partial charge is 0.371 e. The molecule has 0 saturated carbocycles. The van der Waals surface area contributed by atoms with Crippen molar-refractivity contribution in [3.63, 3.8) is 0 Å². The number of aryl methyl sites for hydroxylation is 1. The van der Waals surface area contributed by atoms with Crippen molar-refractivity contribution in [3.05, 3.63) is 29.8 Å². The van der Waals surface area contributed by atoms with E-state index in [1.54, 1.807) is 0 Å². The summed E-state index contributed by atoms with van der Waals surface area (Å²) in [4.78, 5) is 2.60. The van der Waals surface area contributed by atoms with Crippen molar-refractivity contribution in [1.29, 1.82) is 0 Å². The van der Waals surface area contributed by atoms with Crippen LogP contribution in [0.15, 0.2) is 24.3 Å². The van der Waals surface area contributed by atoms with Gasteiger partial charge in [0.15, 0.2) is 0 Å². The summed E-state index contributed by atoms with van der Waals surface area (Å²) in [7, 11) is 0. The summed E-state index contributed by atoms with van der Waals surface area (Å²) >= 11 is 3.64. The molecular weight excluding hydrogens is 274 g/mol. The summed E-state index contributed by atoms with van der Waals surface area (Å²) in [6.07, 6.45) is 5.16. The van der Waals surface area contributed by atoms with Gasteiger partial charge in [-0.1, -0.05) is 47.5 Å². The third-order valence-electron chi connectivity index (χ3n) is 3.73. The molecule has 1 nitrogen and oxygen atoms in total. The smallest absolute Gasteiger partial charge is 0.0398 e. The van der Waals surface area contributed by atoms with Gasteiger partial charge in [0.05, 0.1) is 0 Å². The Kier molecular flexibility index (Phi) is 4.90. The molecule has 17 heavy (non-hydrogen) atoms. The number of para-hydroxylation sites is 1. The average Bonchev–Trinajstić information content (AvgIpc) is 2.58. The van der Waals surface area contributed by atoms with Crippen LogP contribution in [0, 0.1) is 5.92 Å². The van der Waals surface area contributed by atoms with E-state index in [0.29, 0.717) is 0 Å². The van der Waals surface area contributed by atoms with Gasteiger partial charge in [-0.25, -0.2) is 0 Å². The normalized spacial score (nSPS) is 17.4. The first kappa shape index (κ1) is 12.9. The molecule has 0 fully saturated rings. The van der Waals surface area contributed by atoms with E-state index in [1.165, 1.54) is 50.0 Å². The Morgan fingerprint density at radius 3 is 2.88 bits per heavy atom. The molecule has 1 aromatic rings. The van der Waals surface area contributed by atoms with Crippen molar-refractivity contribution in [1.82, 2.24) is 0 Å². The zero-order valence-corrected chi connectivity index (χ0v) is 12.2. The highest BCUT2D eigenvalue weighted by Gasteiger charge is 2.17. The molecule has 1 heterocycles. The van der Waals surface area contributed by atoms with Crippen LogP contribution < -0.4 is 4.90 Å². The van der Waals surface area contributed by atoms with Gasteiger partial charge in [0.1, 0.15) is 0 Å². The summed E-state index contributed by atoms with van der Waals surface area (Å²) in [5.74, 6) is 0.765. The Morgan fingerprint density at radius 2 is 2.12 bits per heavy atom. The molecule has 2 heteroatoms. The number of alkyl halides is 1. The SMILES string of the molecule is CCC(CBr)CN1CCCCc2ccccc21. The van der Waals surface area contributed by atoms with Crippen LogP contribution in [0.25, 0.3) is 0 Å². The highest BCUT2D eigenvalue weighted by molar-refractivity contribution is 9.09. The first-order chi connectivity index (χ1) is 8.35. The zero-order chi connectivity index (χ0) is 12.1. The monoisotopic (exact) mass is 295 g/mol. The summed E-state index contributed by atoms with van der Waals surface area (Å²) in [6, 6.07) is 8.93. The standard InChI is InChI=1S/C15H22BrN/c1-2-13(11-16)12-17-10-6-5-8-14-7-3-4-9-15(14)17/h3-4,7,9,13H,2,5-6,8,10-12H2,1H3. The van der Waals surface area contributed by atoms with Crippen molar-refractivity contribution in [2.45, 2.75) is 32.6 Å². The molecule has 0 aliphatic carbocycles. The first-order valence-electron chi connectivity index (χ1n) is 6.74. The second-order valence-corrected chi connectivity index (χ2v) is 5.61. The quantitative estimate of drug-likeness (QED) is 0.751. The van der Waals surface area contributed by atoms with Crippen molar-refractivity contribution >= 4 is 21.6 Å². The Labute approximate surface area is 113 Å². The number of rotatable bonds is 4. The van der Waals surface area contributed by atoms with Crippen LogP contribution in [-0.2, 0) is 6.42 Å². The highest BCUT2D eigenvalue weighted by atomic mass is 79.9. The zero-order valence-electron chi connectivity index (χ0n) is 10.7. The predicted octanol–water partition coefficient (Wildman–Crippen LogP) is 4.25. The molecular formula is C15H22BrN. The third kappa shape index (κ3) is 3.25. The van der Waals surface area contributed by atoms with Crippen LogP contribution in [0.1, 0.15) is 31.7 Å². The number of benzene rings is 1. The fourth-order valence-electron chi connectivity index (χ4n) is 2.56. The van der Waals surface area contributed by atoms with Gasteiger partial charge in [-0.05, 0) is 36.8 Å². The summed E-state index contributed by atoms with van der Waals surface area (Å²) < 4.78 is 0. The second kappa shape index (κ2) is 6.44. The maximum Gasteiger partial charge on any atom is 0.0398 e. The number of fused-ring (bicyclic) bond motifs is 1.